The average molecular weight is 232 g/mol. The second-order valence-electron chi connectivity index (χ2n) is 3.18. The number of nitrogens with one attached hydrogen (secondary N) is 1. The fourth-order valence-corrected chi connectivity index (χ4v) is 1.27. The van der Waals surface area contributed by atoms with Gasteiger partial charge >= 0.3 is 0 Å². The van der Waals surface area contributed by atoms with Crippen LogP contribution in [0.1, 0.15) is 5.56 Å². The third-order valence-electron chi connectivity index (χ3n) is 2.03. The van der Waals surface area contributed by atoms with Gasteiger partial charge in [0.25, 0.3) is 0 Å². The molecule has 0 aromatic heterocycles. The molecule has 0 radical (unpaired) electrons. The Morgan fingerprint density at radius 1 is 1.20 bits per heavy atom. The molecule has 0 heterocycles. The minimum atomic E-state index is 0. The van der Waals surface area contributed by atoms with Crippen LogP contribution in [0.15, 0.2) is 18.2 Å². The van der Waals surface area contributed by atoms with Crippen molar-refractivity contribution in [3.05, 3.63) is 23.8 Å². The van der Waals surface area contributed by atoms with Crippen LogP contribution in [0, 0.1) is 0 Å². The van der Waals surface area contributed by atoms with Crippen LogP contribution in [0.3, 0.4) is 0 Å². The topological polar surface area (TPSA) is 84.3 Å². The van der Waals surface area contributed by atoms with E-state index in [1.165, 1.54) is 0 Å². The van der Waals surface area contributed by atoms with Gasteiger partial charge in [0, 0.05) is 17.9 Å². The molecule has 0 spiro atoms. The van der Waals surface area contributed by atoms with Gasteiger partial charge in [-0.3, -0.25) is 0 Å². The fraction of sp³-hybridized carbons (Fsp3) is 0.400. The van der Waals surface area contributed by atoms with E-state index in [9.17, 15) is 0 Å². The van der Waals surface area contributed by atoms with Crippen molar-refractivity contribution >= 4 is 23.8 Å². The Bertz CT molecular complexity index is 294. The highest BCUT2D eigenvalue weighted by Crippen LogP contribution is 2.15. The molecule has 15 heavy (non-hydrogen) atoms. The molecule has 0 fully saturated rings. The van der Waals surface area contributed by atoms with Gasteiger partial charge in [-0.2, -0.15) is 0 Å². The quantitative estimate of drug-likeness (QED) is 0.437. The van der Waals surface area contributed by atoms with E-state index in [1.54, 1.807) is 6.07 Å². The van der Waals surface area contributed by atoms with Gasteiger partial charge in [-0.15, -0.1) is 12.4 Å². The van der Waals surface area contributed by atoms with Crippen LogP contribution >= 0.6 is 12.4 Å². The Morgan fingerprint density at radius 3 is 2.60 bits per heavy atom. The third-order valence-corrected chi connectivity index (χ3v) is 2.03. The maximum Gasteiger partial charge on any atom is 0.0555 e. The zero-order valence-corrected chi connectivity index (χ0v) is 9.39. The summed E-state index contributed by atoms with van der Waals surface area (Å²) in [5.41, 5.74) is 14.0. The minimum Gasteiger partial charge on any atom is -0.399 e. The highest BCUT2D eigenvalue weighted by molar-refractivity contribution is 5.85. The van der Waals surface area contributed by atoms with Crippen molar-refractivity contribution in [2.75, 3.05) is 31.2 Å². The lowest BCUT2D eigenvalue weighted by Gasteiger charge is -2.07. The van der Waals surface area contributed by atoms with Gasteiger partial charge in [-0.1, -0.05) is 0 Å². The normalized spacial score (nSPS) is 9.67. The summed E-state index contributed by atoms with van der Waals surface area (Å²) in [5, 5.41) is 11.6. The molecule has 1 aromatic rings. The van der Waals surface area contributed by atoms with Crippen LogP contribution in [0.2, 0.25) is 0 Å². The lowest BCUT2D eigenvalue weighted by molar-refractivity contribution is 0.293. The van der Waals surface area contributed by atoms with E-state index in [-0.39, 0.29) is 19.0 Å². The van der Waals surface area contributed by atoms with E-state index in [0.717, 1.165) is 29.9 Å². The van der Waals surface area contributed by atoms with Crippen LogP contribution in [0.25, 0.3) is 0 Å². The molecule has 0 unspecified atom stereocenters. The number of aliphatic hydroxyl groups is 1. The molecule has 1 rings (SSSR count). The number of benzene rings is 1. The van der Waals surface area contributed by atoms with Crippen molar-refractivity contribution in [1.82, 2.24) is 5.32 Å². The summed E-state index contributed by atoms with van der Waals surface area (Å²) in [6.07, 6.45) is 0.830. The molecule has 4 nitrogen and oxygen atoms in total. The van der Waals surface area contributed by atoms with Crippen molar-refractivity contribution in [2.45, 2.75) is 6.42 Å². The molecule has 0 amide bonds. The summed E-state index contributed by atoms with van der Waals surface area (Å²) in [6.45, 7) is 1.57. The summed E-state index contributed by atoms with van der Waals surface area (Å²) in [5.74, 6) is 0. The average Bonchev–Trinajstić information content (AvgIpc) is 2.18. The molecule has 86 valence electrons. The SMILES string of the molecule is Cl.Nc1ccc(N)c(CCNCCO)c1. The Balaban J connectivity index is 0.00000196. The first kappa shape index (κ1) is 14.0. The number of nitrogens with two attached hydrogens (primary N) is 2. The lowest BCUT2D eigenvalue weighted by atomic mass is 10.1. The molecule has 0 saturated heterocycles. The zero-order valence-electron chi connectivity index (χ0n) is 8.57. The van der Waals surface area contributed by atoms with E-state index in [0.29, 0.717) is 6.54 Å². The summed E-state index contributed by atoms with van der Waals surface area (Å²) < 4.78 is 0. The number of anilines is 2. The Labute approximate surface area is 96.1 Å². The maximum atomic E-state index is 8.55. The first-order valence-electron chi connectivity index (χ1n) is 4.69. The van der Waals surface area contributed by atoms with E-state index >= 15 is 0 Å². The highest BCUT2D eigenvalue weighted by atomic mass is 35.5. The van der Waals surface area contributed by atoms with Crippen molar-refractivity contribution < 1.29 is 5.11 Å². The Kier molecular flexibility index (Phi) is 6.86. The lowest BCUT2D eigenvalue weighted by Crippen LogP contribution is -2.21. The summed E-state index contributed by atoms with van der Waals surface area (Å²) in [4.78, 5) is 0. The maximum absolute atomic E-state index is 8.55. The molecular weight excluding hydrogens is 214 g/mol. The molecule has 0 aliphatic carbocycles. The monoisotopic (exact) mass is 231 g/mol. The number of hydrogen-bond donors (Lipinski definition) is 4. The smallest absolute Gasteiger partial charge is 0.0555 e. The van der Waals surface area contributed by atoms with Crippen molar-refractivity contribution in [1.29, 1.82) is 0 Å². The molecule has 0 bridgehead atoms. The van der Waals surface area contributed by atoms with Crippen LogP contribution < -0.4 is 16.8 Å². The van der Waals surface area contributed by atoms with Crippen LogP contribution in [0.5, 0.6) is 0 Å². The number of rotatable bonds is 5. The summed E-state index contributed by atoms with van der Waals surface area (Å²) >= 11 is 0. The van der Waals surface area contributed by atoms with Gasteiger partial charge in [0.15, 0.2) is 0 Å². The third kappa shape index (κ3) is 4.88. The van der Waals surface area contributed by atoms with Gasteiger partial charge in [0.05, 0.1) is 6.61 Å². The van der Waals surface area contributed by atoms with Gasteiger partial charge in [0.2, 0.25) is 0 Å². The van der Waals surface area contributed by atoms with Crippen LogP contribution in [0.4, 0.5) is 11.4 Å². The predicted octanol–water partition coefficient (Wildman–Crippen LogP) is 0.397. The summed E-state index contributed by atoms with van der Waals surface area (Å²) in [7, 11) is 0. The number of nitrogen functional groups attached to an aromatic ring is 2. The first-order valence-corrected chi connectivity index (χ1v) is 4.69. The Hall–Kier alpha value is -0.970. The van der Waals surface area contributed by atoms with Crippen molar-refractivity contribution in [3.8, 4) is 0 Å². The van der Waals surface area contributed by atoms with Crippen LogP contribution in [-0.4, -0.2) is 24.8 Å². The first-order chi connectivity index (χ1) is 6.74. The number of aliphatic hydroxyl groups excluding tert-OH is 1. The van der Waals surface area contributed by atoms with E-state index in [1.807, 2.05) is 12.1 Å². The second-order valence-corrected chi connectivity index (χ2v) is 3.18. The molecule has 5 heteroatoms. The standard InChI is InChI=1S/C10H17N3O.ClH/c11-9-1-2-10(12)8(7-9)3-4-13-5-6-14;/h1-2,7,13-14H,3-6,11-12H2;1H. The molecule has 0 atom stereocenters. The highest BCUT2D eigenvalue weighted by Gasteiger charge is 1.98. The molecule has 0 saturated carbocycles. The van der Waals surface area contributed by atoms with Gasteiger partial charge in [-0.25, -0.2) is 0 Å². The molecular formula is C10H18ClN3O. The predicted molar refractivity (Wildman–Crippen MR) is 66.2 cm³/mol. The summed E-state index contributed by atoms with van der Waals surface area (Å²) in [6, 6.07) is 5.49. The molecule has 6 N–H and O–H groups in total. The fourth-order valence-electron chi connectivity index (χ4n) is 1.27. The van der Waals surface area contributed by atoms with Gasteiger partial charge in [-0.05, 0) is 36.7 Å². The number of halogens is 1. The zero-order chi connectivity index (χ0) is 10.4. The molecule has 1 aromatic carbocycles. The Morgan fingerprint density at radius 2 is 1.93 bits per heavy atom. The minimum absolute atomic E-state index is 0. The molecule has 0 aliphatic rings. The second kappa shape index (κ2) is 7.34. The largest absolute Gasteiger partial charge is 0.399 e. The van der Waals surface area contributed by atoms with Crippen molar-refractivity contribution in [2.24, 2.45) is 0 Å². The van der Waals surface area contributed by atoms with Crippen LogP contribution in [-0.2, 0) is 6.42 Å². The van der Waals surface area contributed by atoms with Gasteiger partial charge in [0.1, 0.15) is 0 Å². The number of hydrogen-bond acceptors (Lipinski definition) is 4. The van der Waals surface area contributed by atoms with Gasteiger partial charge < -0.3 is 21.9 Å². The van der Waals surface area contributed by atoms with E-state index < -0.39 is 0 Å². The molecule has 0 aliphatic heterocycles. The van der Waals surface area contributed by atoms with Crippen molar-refractivity contribution in [3.63, 3.8) is 0 Å². The van der Waals surface area contributed by atoms with E-state index in [2.05, 4.69) is 5.32 Å². The van der Waals surface area contributed by atoms with E-state index in [4.69, 9.17) is 16.6 Å².